The summed E-state index contributed by atoms with van der Waals surface area (Å²) in [7, 11) is 0. The van der Waals surface area contributed by atoms with Crippen molar-refractivity contribution in [3.8, 4) is 0 Å². The molecule has 1 saturated heterocycles. The van der Waals surface area contributed by atoms with E-state index in [0.717, 1.165) is 41.5 Å². The average molecular weight is 581 g/mol. The van der Waals surface area contributed by atoms with Gasteiger partial charge in [-0.2, -0.15) is 0 Å². The number of benzene rings is 4. The zero-order chi connectivity index (χ0) is 29.5. The van der Waals surface area contributed by atoms with Gasteiger partial charge in [-0.1, -0.05) is 141 Å². The van der Waals surface area contributed by atoms with E-state index in [1.54, 1.807) is 0 Å². The van der Waals surface area contributed by atoms with Crippen molar-refractivity contribution >= 4 is 0 Å². The number of hydrogen-bond donors (Lipinski definition) is 0. The van der Waals surface area contributed by atoms with Gasteiger partial charge in [-0.3, -0.25) is 0 Å². The van der Waals surface area contributed by atoms with Gasteiger partial charge in [-0.25, -0.2) is 0 Å². The molecular formula is C38H44O5. The average Bonchev–Trinajstić information content (AvgIpc) is 3.07. The van der Waals surface area contributed by atoms with Crippen LogP contribution in [-0.2, 0) is 50.1 Å². The lowest BCUT2D eigenvalue weighted by atomic mass is 9.91. The predicted molar refractivity (Wildman–Crippen MR) is 169 cm³/mol. The summed E-state index contributed by atoms with van der Waals surface area (Å²) in [5.41, 5.74) is 4.46. The van der Waals surface area contributed by atoms with E-state index in [4.69, 9.17) is 23.7 Å². The van der Waals surface area contributed by atoms with E-state index in [9.17, 15) is 0 Å². The van der Waals surface area contributed by atoms with Gasteiger partial charge in [-0.05, 0) is 28.7 Å². The van der Waals surface area contributed by atoms with Gasteiger partial charge in [0, 0.05) is 0 Å². The molecule has 43 heavy (non-hydrogen) atoms. The van der Waals surface area contributed by atoms with E-state index in [2.05, 4.69) is 55.5 Å². The van der Waals surface area contributed by atoms with Crippen LogP contribution in [0.3, 0.4) is 0 Å². The van der Waals surface area contributed by atoms with Crippen LogP contribution in [0.25, 0.3) is 0 Å². The Bertz CT molecular complexity index is 1290. The highest BCUT2D eigenvalue weighted by atomic mass is 16.6. The fourth-order valence-corrected chi connectivity index (χ4v) is 5.52. The second kappa shape index (κ2) is 17.1. The van der Waals surface area contributed by atoms with Gasteiger partial charge >= 0.3 is 0 Å². The highest BCUT2D eigenvalue weighted by Crippen LogP contribution is 2.33. The zero-order valence-electron chi connectivity index (χ0n) is 25.1. The highest BCUT2D eigenvalue weighted by molar-refractivity contribution is 5.16. The molecule has 1 aliphatic rings. The number of ether oxygens (including phenoxy) is 5. The molecule has 0 spiro atoms. The van der Waals surface area contributed by atoms with Crippen LogP contribution in [0.15, 0.2) is 121 Å². The zero-order valence-corrected chi connectivity index (χ0v) is 25.1. The maximum absolute atomic E-state index is 6.86. The fraction of sp³-hybridized carbons (Fsp3) is 0.368. The van der Waals surface area contributed by atoms with Crippen molar-refractivity contribution in [1.29, 1.82) is 0 Å². The van der Waals surface area contributed by atoms with Crippen LogP contribution >= 0.6 is 0 Å². The minimum atomic E-state index is -0.390. The third-order valence-corrected chi connectivity index (χ3v) is 7.82. The Hall–Kier alpha value is -3.32. The molecule has 0 aromatic heterocycles. The molecule has 4 aromatic rings. The van der Waals surface area contributed by atoms with Crippen molar-refractivity contribution in [2.75, 3.05) is 6.61 Å². The first-order valence-corrected chi connectivity index (χ1v) is 15.5. The summed E-state index contributed by atoms with van der Waals surface area (Å²) in [5, 5.41) is 0. The van der Waals surface area contributed by atoms with Crippen molar-refractivity contribution in [2.45, 2.75) is 83.1 Å². The van der Waals surface area contributed by atoms with Crippen LogP contribution in [0.2, 0.25) is 0 Å². The highest BCUT2D eigenvalue weighted by Gasteiger charge is 2.48. The van der Waals surface area contributed by atoms with Crippen LogP contribution in [0, 0.1) is 0 Å². The molecule has 0 amide bonds. The molecule has 5 atom stereocenters. The van der Waals surface area contributed by atoms with Crippen LogP contribution in [-0.4, -0.2) is 37.1 Å². The van der Waals surface area contributed by atoms with E-state index in [1.165, 1.54) is 0 Å². The van der Waals surface area contributed by atoms with Crippen molar-refractivity contribution < 1.29 is 23.7 Å². The Labute approximate surface area is 256 Å². The van der Waals surface area contributed by atoms with Crippen LogP contribution in [0.1, 0.15) is 48.4 Å². The van der Waals surface area contributed by atoms with Crippen molar-refractivity contribution in [3.63, 3.8) is 0 Å². The summed E-state index contributed by atoms with van der Waals surface area (Å²) in [6.45, 7) is 4.49. The van der Waals surface area contributed by atoms with Gasteiger partial charge in [0.1, 0.15) is 24.4 Å². The standard InChI is InChI=1S/C38H44O5/c1-2-3-24-34-36(40-26-31-18-10-5-11-19-31)38(42-28-33-22-14-7-15-23-33)37(41-27-32-20-12-6-13-21-32)35(43-34)29-39-25-30-16-8-4-9-17-30/h4-23,34-38H,2-3,24-29H2,1H3. The first-order chi connectivity index (χ1) is 21.3. The van der Waals surface area contributed by atoms with Gasteiger partial charge in [-0.15, -0.1) is 0 Å². The molecule has 1 aliphatic heterocycles. The second-order valence-corrected chi connectivity index (χ2v) is 11.1. The Morgan fingerprint density at radius 2 is 0.884 bits per heavy atom. The minimum Gasteiger partial charge on any atom is -0.374 e. The van der Waals surface area contributed by atoms with Crippen molar-refractivity contribution in [2.24, 2.45) is 0 Å². The maximum atomic E-state index is 6.86. The molecule has 0 radical (unpaired) electrons. The van der Waals surface area contributed by atoms with Gasteiger partial charge in [0.25, 0.3) is 0 Å². The van der Waals surface area contributed by atoms with Gasteiger partial charge in [0.05, 0.1) is 39.1 Å². The molecule has 1 fully saturated rings. The van der Waals surface area contributed by atoms with E-state index in [0.29, 0.717) is 33.0 Å². The van der Waals surface area contributed by atoms with E-state index >= 15 is 0 Å². The van der Waals surface area contributed by atoms with E-state index < -0.39 is 6.10 Å². The van der Waals surface area contributed by atoms with Crippen LogP contribution in [0.4, 0.5) is 0 Å². The van der Waals surface area contributed by atoms with Gasteiger partial charge < -0.3 is 23.7 Å². The Balaban J connectivity index is 1.41. The normalized spacial score (nSPS) is 21.9. The smallest absolute Gasteiger partial charge is 0.115 e. The Kier molecular flexibility index (Phi) is 12.4. The van der Waals surface area contributed by atoms with Crippen LogP contribution in [0.5, 0.6) is 0 Å². The molecule has 5 heteroatoms. The largest absolute Gasteiger partial charge is 0.374 e. The summed E-state index contributed by atoms with van der Waals surface area (Å²) in [4.78, 5) is 0. The first kappa shape index (κ1) is 31.1. The lowest BCUT2D eigenvalue weighted by Crippen LogP contribution is -2.61. The fourth-order valence-electron chi connectivity index (χ4n) is 5.52. The van der Waals surface area contributed by atoms with E-state index in [1.807, 2.05) is 72.8 Å². The number of unbranched alkanes of at least 4 members (excludes halogenated alkanes) is 1. The molecule has 0 N–H and O–H groups in total. The second-order valence-electron chi connectivity index (χ2n) is 11.1. The first-order valence-electron chi connectivity index (χ1n) is 15.5. The molecular weight excluding hydrogens is 536 g/mol. The molecule has 5 rings (SSSR count). The van der Waals surface area contributed by atoms with Crippen molar-refractivity contribution in [1.82, 2.24) is 0 Å². The molecule has 5 nitrogen and oxygen atoms in total. The SMILES string of the molecule is CCCCC1OC(COCc2ccccc2)C(OCc2ccccc2)C(OCc2ccccc2)C1OCc1ccccc1. The van der Waals surface area contributed by atoms with Crippen LogP contribution < -0.4 is 0 Å². The summed E-state index contributed by atoms with van der Waals surface area (Å²) < 4.78 is 33.3. The monoisotopic (exact) mass is 580 g/mol. The Morgan fingerprint density at radius 1 is 0.488 bits per heavy atom. The van der Waals surface area contributed by atoms with Gasteiger partial charge in [0.15, 0.2) is 0 Å². The lowest BCUT2D eigenvalue weighted by molar-refractivity contribution is -0.273. The predicted octanol–water partition coefficient (Wildman–Crippen LogP) is 7.92. The molecule has 4 aromatic carbocycles. The van der Waals surface area contributed by atoms with Gasteiger partial charge in [0.2, 0.25) is 0 Å². The molecule has 226 valence electrons. The molecule has 0 saturated carbocycles. The summed E-state index contributed by atoms with van der Waals surface area (Å²) in [6, 6.07) is 41.1. The van der Waals surface area contributed by atoms with Crippen molar-refractivity contribution in [3.05, 3.63) is 144 Å². The number of rotatable bonds is 16. The maximum Gasteiger partial charge on any atom is 0.115 e. The lowest BCUT2D eigenvalue weighted by Gasteiger charge is -2.46. The Morgan fingerprint density at radius 3 is 1.33 bits per heavy atom. The third-order valence-electron chi connectivity index (χ3n) is 7.82. The third kappa shape index (κ3) is 9.59. The summed E-state index contributed by atoms with van der Waals surface area (Å²) >= 11 is 0. The molecule has 0 aliphatic carbocycles. The summed E-state index contributed by atoms with van der Waals surface area (Å²) in [6.07, 6.45) is 1.48. The molecule has 5 unspecified atom stereocenters. The topological polar surface area (TPSA) is 46.2 Å². The number of hydrogen-bond acceptors (Lipinski definition) is 5. The summed E-state index contributed by atoms with van der Waals surface area (Å²) in [5.74, 6) is 0. The molecule has 0 bridgehead atoms. The molecule has 1 heterocycles. The quantitative estimate of drug-likeness (QED) is 0.135. The van der Waals surface area contributed by atoms with E-state index in [-0.39, 0.29) is 24.4 Å². The minimum absolute atomic E-state index is 0.147.